The fourth-order valence-corrected chi connectivity index (χ4v) is 1.71. The largest absolute Gasteiger partial charge is 0.384 e. The molecule has 0 saturated carbocycles. The van der Waals surface area contributed by atoms with E-state index in [-0.39, 0.29) is 0 Å². The SMILES string of the molecule is CC(C)(C)CCCCNc1ccncc1Cl. The van der Waals surface area contributed by atoms with E-state index >= 15 is 0 Å². The molecule has 90 valence electrons. The average Bonchev–Trinajstić information content (AvgIpc) is 2.18. The fraction of sp³-hybridized carbons (Fsp3) is 0.615. The lowest BCUT2D eigenvalue weighted by Crippen LogP contribution is -2.07. The number of nitrogens with one attached hydrogen (secondary N) is 1. The molecule has 1 aromatic rings. The van der Waals surface area contributed by atoms with Gasteiger partial charge in [0.15, 0.2) is 0 Å². The lowest BCUT2D eigenvalue weighted by molar-refractivity contribution is 0.362. The molecule has 0 amide bonds. The third-order valence-corrected chi connectivity index (χ3v) is 2.74. The number of hydrogen-bond acceptors (Lipinski definition) is 2. The zero-order chi connectivity index (χ0) is 12.0. The van der Waals surface area contributed by atoms with E-state index in [0.717, 1.165) is 12.2 Å². The topological polar surface area (TPSA) is 24.9 Å². The highest BCUT2D eigenvalue weighted by Gasteiger charge is 2.08. The minimum Gasteiger partial charge on any atom is -0.384 e. The third-order valence-electron chi connectivity index (χ3n) is 2.44. The minimum absolute atomic E-state index is 0.439. The highest BCUT2D eigenvalue weighted by Crippen LogP contribution is 2.22. The number of hydrogen-bond donors (Lipinski definition) is 1. The molecule has 1 heterocycles. The van der Waals surface area contributed by atoms with E-state index in [9.17, 15) is 0 Å². The molecule has 0 aliphatic rings. The summed E-state index contributed by atoms with van der Waals surface area (Å²) in [6.07, 6.45) is 7.11. The Bertz CT molecular complexity index is 318. The molecule has 0 saturated heterocycles. The molecule has 16 heavy (non-hydrogen) atoms. The molecule has 0 bridgehead atoms. The van der Waals surface area contributed by atoms with Crippen molar-refractivity contribution < 1.29 is 0 Å². The van der Waals surface area contributed by atoms with Gasteiger partial charge in [0.05, 0.1) is 10.7 Å². The Morgan fingerprint density at radius 2 is 2.06 bits per heavy atom. The lowest BCUT2D eigenvalue weighted by atomic mass is 9.90. The van der Waals surface area contributed by atoms with Crippen molar-refractivity contribution in [3.05, 3.63) is 23.5 Å². The molecular weight excluding hydrogens is 220 g/mol. The molecule has 0 radical (unpaired) electrons. The first kappa shape index (κ1) is 13.3. The van der Waals surface area contributed by atoms with Crippen LogP contribution in [-0.2, 0) is 0 Å². The maximum Gasteiger partial charge on any atom is 0.0820 e. The Labute approximate surface area is 103 Å². The molecule has 0 aliphatic carbocycles. The van der Waals surface area contributed by atoms with Gasteiger partial charge in [-0.1, -0.05) is 38.8 Å². The average molecular weight is 241 g/mol. The van der Waals surface area contributed by atoms with Gasteiger partial charge in [-0.05, 0) is 24.3 Å². The second-order valence-corrected chi connectivity index (χ2v) is 5.71. The van der Waals surface area contributed by atoms with Crippen LogP contribution in [0, 0.1) is 5.41 Å². The molecule has 0 aromatic carbocycles. The first-order chi connectivity index (χ1) is 7.49. The number of unbranched alkanes of at least 4 members (excludes halogenated alkanes) is 1. The van der Waals surface area contributed by atoms with Gasteiger partial charge in [0.1, 0.15) is 0 Å². The van der Waals surface area contributed by atoms with E-state index in [2.05, 4.69) is 31.1 Å². The summed E-state index contributed by atoms with van der Waals surface area (Å²) in [4.78, 5) is 3.95. The predicted molar refractivity (Wildman–Crippen MR) is 71.0 cm³/mol. The number of pyridine rings is 1. The summed E-state index contributed by atoms with van der Waals surface area (Å²) in [5.74, 6) is 0. The highest BCUT2D eigenvalue weighted by atomic mass is 35.5. The first-order valence-electron chi connectivity index (χ1n) is 5.82. The van der Waals surface area contributed by atoms with Crippen LogP contribution in [0.4, 0.5) is 5.69 Å². The number of anilines is 1. The molecule has 0 unspecified atom stereocenters. The summed E-state index contributed by atoms with van der Waals surface area (Å²) >= 11 is 5.98. The second-order valence-electron chi connectivity index (χ2n) is 5.30. The molecule has 2 nitrogen and oxygen atoms in total. The van der Waals surface area contributed by atoms with E-state index < -0.39 is 0 Å². The van der Waals surface area contributed by atoms with Gasteiger partial charge in [0.25, 0.3) is 0 Å². The van der Waals surface area contributed by atoms with Gasteiger partial charge in [-0.15, -0.1) is 0 Å². The Hall–Kier alpha value is -0.760. The maximum absolute atomic E-state index is 5.98. The van der Waals surface area contributed by atoms with Crippen LogP contribution in [-0.4, -0.2) is 11.5 Å². The molecule has 3 heteroatoms. The van der Waals surface area contributed by atoms with E-state index in [1.54, 1.807) is 12.4 Å². The normalized spacial score (nSPS) is 11.5. The zero-order valence-electron chi connectivity index (χ0n) is 10.4. The highest BCUT2D eigenvalue weighted by molar-refractivity contribution is 6.33. The molecule has 1 N–H and O–H groups in total. The summed E-state index contributed by atoms with van der Waals surface area (Å²) in [5, 5.41) is 4.02. The van der Waals surface area contributed by atoms with Gasteiger partial charge in [-0.3, -0.25) is 4.98 Å². The minimum atomic E-state index is 0.439. The number of aromatic nitrogens is 1. The Morgan fingerprint density at radius 1 is 1.31 bits per heavy atom. The quantitative estimate of drug-likeness (QED) is 0.774. The molecule has 0 fully saturated rings. The van der Waals surface area contributed by atoms with Crippen LogP contribution >= 0.6 is 11.6 Å². The van der Waals surface area contributed by atoms with Gasteiger partial charge < -0.3 is 5.32 Å². The smallest absolute Gasteiger partial charge is 0.0820 e. The standard InChI is InChI=1S/C13H21ClN2/c1-13(2,3)7-4-5-8-16-12-6-9-15-10-11(12)14/h6,9-10H,4-5,7-8H2,1-3H3,(H,15,16). The van der Waals surface area contributed by atoms with Crippen LogP contribution in [0.1, 0.15) is 40.0 Å². The Morgan fingerprint density at radius 3 is 2.69 bits per heavy atom. The summed E-state index contributed by atoms with van der Waals surface area (Å²) in [7, 11) is 0. The third kappa shape index (κ3) is 5.36. The zero-order valence-corrected chi connectivity index (χ0v) is 11.1. The number of nitrogens with zero attached hydrogens (tertiary/aromatic N) is 1. The van der Waals surface area contributed by atoms with Gasteiger partial charge in [-0.25, -0.2) is 0 Å². The Balaban J connectivity index is 2.19. The van der Waals surface area contributed by atoms with Crippen LogP contribution in [0.25, 0.3) is 0 Å². The van der Waals surface area contributed by atoms with E-state index in [0.29, 0.717) is 10.4 Å². The molecule has 1 rings (SSSR count). The van der Waals surface area contributed by atoms with Crippen LogP contribution in [0.3, 0.4) is 0 Å². The molecule has 1 aromatic heterocycles. The maximum atomic E-state index is 5.98. The summed E-state index contributed by atoms with van der Waals surface area (Å²) in [5.41, 5.74) is 1.42. The van der Waals surface area contributed by atoms with Crippen molar-refractivity contribution in [1.29, 1.82) is 0 Å². The monoisotopic (exact) mass is 240 g/mol. The van der Waals surface area contributed by atoms with Crippen molar-refractivity contribution in [2.45, 2.75) is 40.0 Å². The van der Waals surface area contributed by atoms with Gasteiger partial charge in [-0.2, -0.15) is 0 Å². The summed E-state index contributed by atoms with van der Waals surface area (Å²) in [6.45, 7) is 7.81. The van der Waals surface area contributed by atoms with Gasteiger partial charge in [0.2, 0.25) is 0 Å². The van der Waals surface area contributed by atoms with Crippen molar-refractivity contribution in [3.8, 4) is 0 Å². The molecule has 0 aliphatic heterocycles. The van der Waals surface area contributed by atoms with Crippen LogP contribution in [0.15, 0.2) is 18.5 Å². The second kappa shape index (κ2) is 6.09. The van der Waals surface area contributed by atoms with Crippen molar-refractivity contribution in [2.24, 2.45) is 5.41 Å². The summed E-state index contributed by atoms with van der Waals surface area (Å²) < 4.78 is 0. The van der Waals surface area contributed by atoms with Gasteiger partial charge in [0, 0.05) is 18.9 Å². The Kier molecular flexibility index (Phi) is 5.07. The van der Waals surface area contributed by atoms with Crippen molar-refractivity contribution in [1.82, 2.24) is 4.98 Å². The van der Waals surface area contributed by atoms with Gasteiger partial charge >= 0.3 is 0 Å². The number of rotatable bonds is 5. The van der Waals surface area contributed by atoms with Crippen LogP contribution < -0.4 is 5.32 Å². The van der Waals surface area contributed by atoms with E-state index in [4.69, 9.17) is 11.6 Å². The van der Waals surface area contributed by atoms with Crippen molar-refractivity contribution >= 4 is 17.3 Å². The first-order valence-corrected chi connectivity index (χ1v) is 6.20. The molecule has 0 spiro atoms. The van der Waals surface area contributed by atoms with Crippen molar-refractivity contribution in [2.75, 3.05) is 11.9 Å². The predicted octanol–water partition coefficient (Wildman–Crippen LogP) is 4.36. The lowest BCUT2D eigenvalue weighted by Gasteiger charge is -2.17. The molecular formula is C13H21ClN2. The molecule has 0 atom stereocenters. The number of halogens is 1. The fourth-order valence-electron chi connectivity index (χ4n) is 1.52. The van der Waals surface area contributed by atoms with Crippen molar-refractivity contribution in [3.63, 3.8) is 0 Å². The summed E-state index contributed by atoms with van der Waals surface area (Å²) in [6, 6.07) is 1.91. The van der Waals surface area contributed by atoms with Crippen LogP contribution in [0.2, 0.25) is 5.02 Å². The van der Waals surface area contributed by atoms with E-state index in [1.165, 1.54) is 19.3 Å². The van der Waals surface area contributed by atoms with E-state index in [1.807, 2.05) is 6.07 Å². The van der Waals surface area contributed by atoms with Crippen LogP contribution in [0.5, 0.6) is 0 Å².